The van der Waals surface area contributed by atoms with Crippen LogP contribution in [-0.4, -0.2) is 32.4 Å². The van der Waals surface area contributed by atoms with Gasteiger partial charge in [-0.3, -0.25) is 0 Å². The van der Waals surface area contributed by atoms with Gasteiger partial charge in [0.2, 0.25) is 0 Å². The smallest absolute Gasteiger partial charge is 0.151 e. The lowest BCUT2D eigenvalue weighted by Gasteiger charge is -2.31. The maximum Gasteiger partial charge on any atom is 0.151 e. The highest BCUT2D eigenvalue weighted by Gasteiger charge is 2.28. The van der Waals surface area contributed by atoms with Crippen LogP contribution in [0.15, 0.2) is 54.6 Å². The second-order valence-electron chi connectivity index (χ2n) is 5.47. The van der Waals surface area contributed by atoms with E-state index in [-0.39, 0.29) is 12.2 Å². The molecule has 0 saturated carbocycles. The molecule has 1 aliphatic rings. The number of morpholine rings is 1. The molecule has 4 heteroatoms. The third-order valence-electron chi connectivity index (χ3n) is 3.82. The Kier molecular flexibility index (Phi) is 5.51. The van der Waals surface area contributed by atoms with Gasteiger partial charge in [0, 0.05) is 13.1 Å². The minimum Gasteiger partial charge on any atom is -0.494 e. The topological polar surface area (TPSA) is 39.7 Å². The first-order valence-electron chi connectivity index (χ1n) is 8.13. The largest absolute Gasteiger partial charge is 0.494 e. The van der Waals surface area contributed by atoms with Gasteiger partial charge in [-0.05, 0) is 36.8 Å². The van der Waals surface area contributed by atoms with E-state index >= 15 is 0 Å². The minimum absolute atomic E-state index is 0.0121. The molecule has 4 nitrogen and oxygen atoms in total. The summed E-state index contributed by atoms with van der Waals surface area (Å²) >= 11 is 0. The second kappa shape index (κ2) is 7.99. The van der Waals surface area contributed by atoms with Crippen LogP contribution in [0.2, 0.25) is 0 Å². The lowest BCUT2D eigenvalue weighted by Crippen LogP contribution is -2.43. The zero-order valence-electron chi connectivity index (χ0n) is 13.4. The van der Waals surface area contributed by atoms with E-state index in [1.165, 1.54) is 0 Å². The molecule has 2 unspecified atom stereocenters. The van der Waals surface area contributed by atoms with Crippen LogP contribution in [0.5, 0.6) is 11.5 Å². The number of hydrogen-bond acceptors (Lipinski definition) is 4. The Hall–Kier alpha value is -2.04. The summed E-state index contributed by atoms with van der Waals surface area (Å²) in [5.41, 5.74) is 1.09. The van der Waals surface area contributed by atoms with E-state index in [1.807, 2.05) is 49.4 Å². The minimum atomic E-state index is -0.152. The van der Waals surface area contributed by atoms with Crippen molar-refractivity contribution >= 4 is 0 Å². The Labute approximate surface area is 137 Å². The fraction of sp³-hybridized carbons (Fsp3) is 0.368. The first kappa shape index (κ1) is 15.8. The van der Waals surface area contributed by atoms with Gasteiger partial charge in [0.15, 0.2) is 6.10 Å². The third kappa shape index (κ3) is 4.24. The van der Waals surface area contributed by atoms with Gasteiger partial charge < -0.3 is 19.5 Å². The zero-order chi connectivity index (χ0) is 15.9. The van der Waals surface area contributed by atoms with Gasteiger partial charge in [0.05, 0.1) is 13.2 Å². The summed E-state index contributed by atoms with van der Waals surface area (Å²) in [6.07, 6.45) is -0.164. The summed E-state index contributed by atoms with van der Waals surface area (Å²) in [4.78, 5) is 0. The van der Waals surface area contributed by atoms with Crippen molar-refractivity contribution in [2.24, 2.45) is 0 Å². The number of hydrogen-bond donors (Lipinski definition) is 1. The molecule has 1 heterocycles. The summed E-state index contributed by atoms with van der Waals surface area (Å²) < 4.78 is 17.7. The Bertz CT molecular complexity index is 579. The molecule has 1 saturated heterocycles. The van der Waals surface area contributed by atoms with E-state index in [2.05, 4.69) is 17.4 Å². The van der Waals surface area contributed by atoms with E-state index < -0.39 is 0 Å². The van der Waals surface area contributed by atoms with Crippen LogP contribution in [0, 0.1) is 0 Å². The number of nitrogens with one attached hydrogen (secondary N) is 1. The monoisotopic (exact) mass is 313 g/mol. The maximum atomic E-state index is 6.23. The molecule has 2 atom stereocenters. The van der Waals surface area contributed by atoms with Crippen LogP contribution < -0.4 is 14.8 Å². The van der Waals surface area contributed by atoms with Crippen molar-refractivity contribution in [3.05, 3.63) is 60.2 Å². The average molecular weight is 313 g/mol. The van der Waals surface area contributed by atoms with Gasteiger partial charge in [-0.2, -0.15) is 0 Å². The van der Waals surface area contributed by atoms with Crippen molar-refractivity contribution in [1.82, 2.24) is 5.32 Å². The van der Waals surface area contributed by atoms with Gasteiger partial charge in [0.25, 0.3) is 0 Å². The van der Waals surface area contributed by atoms with Crippen molar-refractivity contribution < 1.29 is 14.2 Å². The third-order valence-corrected chi connectivity index (χ3v) is 3.82. The number of ether oxygens (including phenoxy) is 3. The van der Waals surface area contributed by atoms with Crippen LogP contribution in [0.4, 0.5) is 0 Å². The summed E-state index contributed by atoms with van der Waals surface area (Å²) in [7, 11) is 0. The second-order valence-corrected chi connectivity index (χ2v) is 5.47. The Morgan fingerprint density at radius 2 is 1.87 bits per heavy atom. The van der Waals surface area contributed by atoms with Crippen molar-refractivity contribution in [3.8, 4) is 11.5 Å². The molecular formula is C19H23NO3. The molecule has 1 fully saturated rings. The molecule has 0 aromatic heterocycles. The van der Waals surface area contributed by atoms with Crippen LogP contribution in [0.1, 0.15) is 18.6 Å². The average Bonchev–Trinajstić information content (AvgIpc) is 2.62. The summed E-state index contributed by atoms with van der Waals surface area (Å²) in [5.74, 6) is 1.72. The van der Waals surface area contributed by atoms with E-state index in [0.29, 0.717) is 13.2 Å². The van der Waals surface area contributed by atoms with Crippen molar-refractivity contribution in [3.63, 3.8) is 0 Å². The zero-order valence-corrected chi connectivity index (χ0v) is 13.4. The number of para-hydroxylation sites is 1. The van der Waals surface area contributed by atoms with Crippen molar-refractivity contribution in [1.29, 1.82) is 0 Å². The summed E-state index contributed by atoms with van der Waals surface area (Å²) in [6, 6.07) is 17.9. The summed E-state index contributed by atoms with van der Waals surface area (Å²) in [5, 5.41) is 3.37. The van der Waals surface area contributed by atoms with Gasteiger partial charge in [-0.15, -0.1) is 0 Å². The highest BCUT2D eigenvalue weighted by Crippen LogP contribution is 2.28. The molecule has 2 aromatic carbocycles. The van der Waals surface area contributed by atoms with E-state index in [9.17, 15) is 0 Å². The molecule has 0 aliphatic carbocycles. The molecule has 3 rings (SSSR count). The van der Waals surface area contributed by atoms with E-state index in [1.54, 1.807) is 0 Å². The van der Waals surface area contributed by atoms with E-state index in [4.69, 9.17) is 14.2 Å². The first-order chi connectivity index (χ1) is 11.4. The summed E-state index contributed by atoms with van der Waals surface area (Å²) in [6.45, 7) is 5.02. The molecule has 0 amide bonds. The molecule has 122 valence electrons. The lowest BCUT2D eigenvalue weighted by atomic mass is 10.0. The standard InChI is InChI=1S/C19H23NO3/c1-2-21-16-10-8-15(9-11-16)19(18-14-20-12-13-22-18)23-17-6-4-3-5-7-17/h3-11,18-20H,2,12-14H2,1H3. The van der Waals surface area contributed by atoms with Gasteiger partial charge in [0.1, 0.15) is 17.6 Å². The predicted octanol–water partition coefficient (Wildman–Crippen LogP) is 3.19. The Morgan fingerprint density at radius 1 is 1.09 bits per heavy atom. The fourth-order valence-electron chi connectivity index (χ4n) is 2.70. The van der Waals surface area contributed by atoms with Gasteiger partial charge >= 0.3 is 0 Å². The Morgan fingerprint density at radius 3 is 2.52 bits per heavy atom. The van der Waals surface area contributed by atoms with Crippen LogP contribution >= 0.6 is 0 Å². The molecule has 1 N–H and O–H groups in total. The highest BCUT2D eigenvalue weighted by atomic mass is 16.5. The number of rotatable bonds is 6. The Balaban J connectivity index is 1.81. The molecule has 2 aromatic rings. The normalized spacial score (nSPS) is 19.1. The molecule has 23 heavy (non-hydrogen) atoms. The van der Waals surface area contributed by atoms with Crippen LogP contribution in [0.3, 0.4) is 0 Å². The quantitative estimate of drug-likeness (QED) is 0.889. The first-order valence-corrected chi connectivity index (χ1v) is 8.13. The van der Waals surface area contributed by atoms with E-state index in [0.717, 1.165) is 30.2 Å². The van der Waals surface area contributed by atoms with Crippen LogP contribution in [-0.2, 0) is 4.74 Å². The molecule has 1 aliphatic heterocycles. The molecular weight excluding hydrogens is 290 g/mol. The fourth-order valence-corrected chi connectivity index (χ4v) is 2.70. The highest BCUT2D eigenvalue weighted by molar-refractivity contribution is 5.31. The van der Waals surface area contributed by atoms with Crippen molar-refractivity contribution in [2.45, 2.75) is 19.1 Å². The molecule has 0 spiro atoms. The van der Waals surface area contributed by atoms with Gasteiger partial charge in [-0.1, -0.05) is 30.3 Å². The molecule has 0 bridgehead atoms. The van der Waals surface area contributed by atoms with Gasteiger partial charge in [-0.25, -0.2) is 0 Å². The number of benzene rings is 2. The lowest BCUT2D eigenvalue weighted by molar-refractivity contribution is -0.0432. The SMILES string of the molecule is CCOc1ccc(C(Oc2ccccc2)C2CNCCO2)cc1. The molecule has 0 radical (unpaired) electrons. The predicted molar refractivity (Wildman–Crippen MR) is 90.0 cm³/mol. The van der Waals surface area contributed by atoms with Crippen LogP contribution in [0.25, 0.3) is 0 Å². The van der Waals surface area contributed by atoms with Crippen molar-refractivity contribution in [2.75, 3.05) is 26.3 Å². The maximum absolute atomic E-state index is 6.23.